The lowest BCUT2D eigenvalue weighted by Gasteiger charge is -2.34. The van der Waals surface area contributed by atoms with Crippen LogP contribution in [-0.4, -0.2) is 48.6 Å². The second-order valence-corrected chi connectivity index (χ2v) is 12.0. The van der Waals surface area contributed by atoms with Gasteiger partial charge in [-0.25, -0.2) is 0 Å². The summed E-state index contributed by atoms with van der Waals surface area (Å²) >= 11 is 0. The molecular weight excluding hydrogens is 553 g/mol. The van der Waals surface area contributed by atoms with Crippen molar-refractivity contribution < 1.29 is 27.5 Å². The van der Waals surface area contributed by atoms with E-state index < -0.39 is 11.7 Å². The molecule has 1 fully saturated rings. The highest BCUT2D eigenvalue weighted by Gasteiger charge is 2.32. The highest BCUT2D eigenvalue weighted by atomic mass is 19.4. The van der Waals surface area contributed by atoms with Gasteiger partial charge in [0, 0.05) is 30.1 Å². The Labute approximate surface area is 252 Å². The van der Waals surface area contributed by atoms with Crippen molar-refractivity contribution >= 4 is 11.9 Å². The maximum Gasteiger partial charge on any atom is 0.416 e. The van der Waals surface area contributed by atoms with Gasteiger partial charge >= 0.3 is 12.1 Å². The van der Waals surface area contributed by atoms with Gasteiger partial charge in [0.05, 0.1) is 18.1 Å². The number of amides is 1. The molecule has 1 aliphatic heterocycles. The first-order valence-corrected chi connectivity index (χ1v) is 15.0. The first-order chi connectivity index (χ1) is 20.4. The van der Waals surface area contributed by atoms with E-state index in [1.807, 2.05) is 32.0 Å². The molecule has 4 rings (SSSR count). The van der Waals surface area contributed by atoms with E-state index in [4.69, 9.17) is 4.74 Å². The minimum atomic E-state index is -4.41. The number of esters is 1. The largest absolute Gasteiger partial charge is 0.463 e. The Hall–Kier alpha value is -3.65. The number of alkyl halides is 3. The van der Waals surface area contributed by atoms with Crippen molar-refractivity contribution in [2.24, 2.45) is 0 Å². The van der Waals surface area contributed by atoms with Gasteiger partial charge < -0.3 is 15.0 Å². The molecule has 3 aromatic carbocycles. The van der Waals surface area contributed by atoms with Crippen LogP contribution in [0.25, 0.3) is 11.1 Å². The average Bonchev–Trinajstić information content (AvgIpc) is 2.97. The smallest absolute Gasteiger partial charge is 0.416 e. The number of hydrogen-bond acceptors (Lipinski definition) is 4. The van der Waals surface area contributed by atoms with Crippen molar-refractivity contribution in [3.05, 3.63) is 95.6 Å². The van der Waals surface area contributed by atoms with Gasteiger partial charge in [-0.1, -0.05) is 67.6 Å². The third-order valence-electron chi connectivity index (χ3n) is 8.19. The van der Waals surface area contributed by atoms with Crippen LogP contribution >= 0.6 is 0 Å². The van der Waals surface area contributed by atoms with Crippen LogP contribution in [0.3, 0.4) is 0 Å². The van der Waals surface area contributed by atoms with Gasteiger partial charge in [0.25, 0.3) is 5.91 Å². The number of carbonyl (C=O) groups excluding carboxylic acids is 2. The number of hydrogen-bond donors (Lipinski definition) is 1. The second-order valence-electron chi connectivity index (χ2n) is 12.0. The van der Waals surface area contributed by atoms with Crippen molar-refractivity contribution in [3.63, 3.8) is 0 Å². The molecule has 8 heteroatoms. The van der Waals surface area contributed by atoms with Crippen LogP contribution in [0, 0.1) is 0 Å². The fourth-order valence-electron chi connectivity index (χ4n) is 5.83. The summed E-state index contributed by atoms with van der Waals surface area (Å²) in [6.07, 6.45) is -0.827. The first-order valence-electron chi connectivity index (χ1n) is 15.0. The summed E-state index contributed by atoms with van der Waals surface area (Å²) in [5, 5.41) is 3.14. The van der Waals surface area contributed by atoms with Crippen molar-refractivity contribution in [1.82, 2.24) is 10.2 Å². The van der Waals surface area contributed by atoms with E-state index in [9.17, 15) is 22.8 Å². The highest BCUT2D eigenvalue weighted by Crippen LogP contribution is 2.34. The minimum absolute atomic E-state index is 0.0183. The maximum absolute atomic E-state index is 13.2. The third-order valence-corrected chi connectivity index (χ3v) is 8.19. The molecule has 1 unspecified atom stereocenters. The topological polar surface area (TPSA) is 58.6 Å². The van der Waals surface area contributed by atoms with Gasteiger partial charge in [-0.3, -0.25) is 9.59 Å². The molecule has 1 aliphatic rings. The zero-order valence-electron chi connectivity index (χ0n) is 25.1. The second kappa shape index (κ2) is 14.2. The molecule has 230 valence electrons. The Balaban J connectivity index is 1.30. The number of nitrogens with zero attached hydrogens (tertiary/aromatic N) is 1. The van der Waals surface area contributed by atoms with E-state index >= 15 is 0 Å². The molecular formula is C35H41F3N2O3. The van der Waals surface area contributed by atoms with E-state index in [-0.39, 0.29) is 29.4 Å². The Morgan fingerprint density at radius 1 is 0.907 bits per heavy atom. The highest BCUT2D eigenvalue weighted by molar-refractivity contribution is 6.01. The molecule has 1 N–H and O–H groups in total. The molecule has 1 atom stereocenters. The van der Waals surface area contributed by atoms with Crippen molar-refractivity contribution in [1.29, 1.82) is 0 Å². The lowest BCUT2D eigenvalue weighted by atomic mass is 9.76. The van der Waals surface area contributed by atoms with Gasteiger partial charge in [0.15, 0.2) is 0 Å². The molecule has 1 amide bonds. The third kappa shape index (κ3) is 8.92. The van der Waals surface area contributed by atoms with Gasteiger partial charge in [-0.05, 0) is 81.0 Å². The van der Waals surface area contributed by atoms with Crippen LogP contribution in [-0.2, 0) is 21.1 Å². The van der Waals surface area contributed by atoms with E-state index in [1.165, 1.54) is 12.1 Å². The van der Waals surface area contributed by atoms with E-state index in [0.29, 0.717) is 23.1 Å². The van der Waals surface area contributed by atoms with E-state index in [2.05, 4.69) is 29.3 Å². The quantitative estimate of drug-likeness (QED) is 0.232. The summed E-state index contributed by atoms with van der Waals surface area (Å²) in [6.45, 7) is 8.46. The molecule has 0 saturated carbocycles. The molecule has 0 aliphatic carbocycles. The Bertz CT molecular complexity index is 1350. The number of piperidine rings is 1. The Kier molecular flexibility index (Phi) is 10.7. The predicted octanol–water partition coefficient (Wildman–Crippen LogP) is 7.65. The zero-order chi connectivity index (χ0) is 31.0. The number of rotatable bonds is 11. The fraction of sp³-hybridized carbons (Fsp3) is 0.429. The molecule has 43 heavy (non-hydrogen) atoms. The molecule has 5 nitrogen and oxygen atoms in total. The van der Waals surface area contributed by atoms with Gasteiger partial charge in [0.1, 0.15) is 0 Å². The summed E-state index contributed by atoms with van der Waals surface area (Å²) in [6, 6.07) is 22.0. The average molecular weight is 595 g/mol. The Morgan fingerprint density at radius 2 is 1.53 bits per heavy atom. The standard InChI is InChI=1S/C35H41F3N2O3/c1-25(2)43-32(41)24-34(3,27-10-5-4-6-11-27)20-9-21-40-22-18-29(19-23-40)39-33(42)31-13-8-7-12-30(31)26-14-16-28(17-15-26)35(36,37)38/h4-8,10-17,25,29H,9,18-24H2,1-3H3,(H,39,42). The molecule has 1 heterocycles. The lowest BCUT2D eigenvalue weighted by molar-refractivity contribution is -0.149. The first kappa shape index (κ1) is 32.3. The summed E-state index contributed by atoms with van der Waals surface area (Å²) in [5.41, 5.74) is 1.70. The number of carbonyl (C=O) groups is 2. The minimum Gasteiger partial charge on any atom is -0.463 e. The van der Waals surface area contributed by atoms with Crippen molar-refractivity contribution in [3.8, 4) is 11.1 Å². The molecule has 0 aromatic heterocycles. The van der Waals surface area contributed by atoms with Crippen LogP contribution in [0.1, 0.15) is 74.4 Å². The normalized spacial score (nSPS) is 16.1. The number of nitrogens with one attached hydrogen (secondary N) is 1. The van der Waals surface area contributed by atoms with Crippen LogP contribution < -0.4 is 5.32 Å². The fourth-order valence-corrected chi connectivity index (χ4v) is 5.83. The number of halogens is 3. The lowest BCUT2D eigenvalue weighted by Crippen LogP contribution is -2.45. The Morgan fingerprint density at radius 3 is 2.16 bits per heavy atom. The molecule has 0 spiro atoms. The number of likely N-dealkylation sites (tertiary alicyclic amines) is 1. The van der Waals surface area contributed by atoms with Crippen molar-refractivity contribution in [2.75, 3.05) is 19.6 Å². The SMILES string of the molecule is CC(C)OC(=O)CC(C)(CCCN1CCC(NC(=O)c2ccccc2-c2ccc(C(F)(F)F)cc2)CC1)c1ccccc1. The number of ether oxygens (including phenoxy) is 1. The van der Waals surface area contributed by atoms with Crippen LogP contribution in [0.2, 0.25) is 0 Å². The molecule has 0 radical (unpaired) electrons. The van der Waals surface area contributed by atoms with Crippen LogP contribution in [0.4, 0.5) is 13.2 Å². The summed E-state index contributed by atoms with van der Waals surface area (Å²) in [4.78, 5) is 28.2. The van der Waals surface area contributed by atoms with Crippen LogP contribution in [0.15, 0.2) is 78.9 Å². The number of benzene rings is 3. The monoisotopic (exact) mass is 594 g/mol. The molecule has 0 bridgehead atoms. The summed E-state index contributed by atoms with van der Waals surface area (Å²) in [5.74, 6) is -0.404. The predicted molar refractivity (Wildman–Crippen MR) is 163 cm³/mol. The zero-order valence-corrected chi connectivity index (χ0v) is 25.1. The summed E-state index contributed by atoms with van der Waals surface area (Å²) < 4.78 is 44.5. The van der Waals surface area contributed by atoms with Crippen molar-refractivity contribution in [2.45, 2.75) is 76.6 Å². The van der Waals surface area contributed by atoms with Crippen LogP contribution in [0.5, 0.6) is 0 Å². The van der Waals surface area contributed by atoms with Gasteiger partial charge in [-0.2, -0.15) is 13.2 Å². The van der Waals surface area contributed by atoms with E-state index in [0.717, 1.165) is 63.0 Å². The maximum atomic E-state index is 13.2. The molecule has 1 saturated heterocycles. The van der Waals surface area contributed by atoms with E-state index in [1.54, 1.807) is 24.3 Å². The summed E-state index contributed by atoms with van der Waals surface area (Å²) in [7, 11) is 0. The van der Waals surface area contributed by atoms with Gasteiger partial charge in [-0.15, -0.1) is 0 Å². The van der Waals surface area contributed by atoms with Gasteiger partial charge in [0.2, 0.25) is 0 Å². The molecule has 3 aromatic rings.